The molecule has 0 bridgehead atoms. The number of fused-ring (bicyclic) bond motifs is 1. The highest BCUT2D eigenvalue weighted by Crippen LogP contribution is 2.28. The van der Waals surface area contributed by atoms with Crippen molar-refractivity contribution in [1.82, 2.24) is 0 Å². The summed E-state index contributed by atoms with van der Waals surface area (Å²) in [5, 5.41) is 0.0269. The number of aryl methyl sites for hydroxylation is 1. The summed E-state index contributed by atoms with van der Waals surface area (Å²) in [7, 11) is 0. The Hall–Kier alpha value is -0.530. The molecule has 0 aliphatic carbocycles. The van der Waals surface area contributed by atoms with Crippen molar-refractivity contribution in [3.05, 3.63) is 34.9 Å². The molecule has 76 valence electrons. The minimum atomic E-state index is 0.0269. The zero-order valence-electron chi connectivity index (χ0n) is 8.42. The Morgan fingerprint density at radius 1 is 1.50 bits per heavy atom. The van der Waals surface area contributed by atoms with Gasteiger partial charge >= 0.3 is 0 Å². The number of ether oxygens (including phenoxy) is 1. The van der Waals surface area contributed by atoms with Crippen LogP contribution >= 0.6 is 11.6 Å². The SMILES string of the molecule is CCc1ccc2c(c1)C(Cl)COCC2. The molecule has 1 aliphatic rings. The van der Waals surface area contributed by atoms with Gasteiger partial charge in [-0.25, -0.2) is 0 Å². The third-order valence-corrected chi connectivity index (χ3v) is 3.10. The van der Waals surface area contributed by atoms with Crippen LogP contribution in [0, 0.1) is 0 Å². The maximum atomic E-state index is 6.26. The smallest absolute Gasteiger partial charge is 0.0821 e. The molecule has 0 saturated carbocycles. The van der Waals surface area contributed by atoms with E-state index in [9.17, 15) is 0 Å². The average Bonchev–Trinajstić information content (AvgIpc) is 2.40. The lowest BCUT2D eigenvalue weighted by molar-refractivity contribution is 0.143. The van der Waals surface area contributed by atoms with Crippen molar-refractivity contribution in [3.8, 4) is 0 Å². The van der Waals surface area contributed by atoms with Gasteiger partial charge in [0, 0.05) is 0 Å². The standard InChI is InChI=1S/C12H15ClO/c1-2-9-3-4-10-5-6-14-8-12(13)11(10)7-9/h3-4,7,12H,2,5-6,8H2,1H3. The third kappa shape index (κ3) is 1.94. The first kappa shape index (κ1) is 10.0. The van der Waals surface area contributed by atoms with Crippen molar-refractivity contribution in [2.45, 2.75) is 25.1 Å². The van der Waals surface area contributed by atoms with Gasteiger partial charge in [-0.1, -0.05) is 25.1 Å². The lowest BCUT2D eigenvalue weighted by Crippen LogP contribution is -1.99. The Balaban J connectivity index is 2.39. The van der Waals surface area contributed by atoms with Crippen molar-refractivity contribution in [3.63, 3.8) is 0 Å². The Bertz CT molecular complexity index is 322. The Morgan fingerprint density at radius 3 is 3.14 bits per heavy atom. The predicted molar refractivity (Wildman–Crippen MR) is 58.9 cm³/mol. The molecule has 0 spiro atoms. The Labute approximate surface area is 90.0 Å². The number of benzene rings is 1. The number of rotatable bonds is 1. The molecule has 1 heterocycles. The quantitative estimate of drug-likeness (QED) is 0.648. The third-order valence-electron chi connectivity index (χ3n) is 2.74. The number of hydrogen-bond acceptors (Lipinski definition) is 1. The van der Waals surface area contributed by atoms with Crippen LogP contribution in [0.3, 0.4) is 0 Å². The highest BCUT2D eigenvalue weighted by molar-refractivity contribution is 6.21. The first-order valence-electron chi connectivity index (χ1n) is 5.14. The summed E-state index contributed by atoms with van der Waals surface area (Å²) in [5.74, 6) is 0. The van der Waals surface area contributed by atoms with Gasteiger partial charge in [-0.2, -0.15) is 0 Å². The van der Waals surface area contributed by atoms with Gasteiger partial charge in [0.25, 0.3) is 0 Å². The van der Waals surface area contributed by atoms with E-state index in [0.717, 1.165) is 19.4 Å². The minimum absolute atomic E-state index is 0.0269. The van der Waals surface area contributed by atoms with Gasteiger partial charge < -0.3 is 4.74 Å². The van der Waals surface area contributed by atoms with E-state index in [4.69, 9.17) is 16.3 Å². The molecule has 1 aromatic carbocycles. The topological polar surface area (TPSA) is 9.23 Å². The number of alkyl halides is 1. The van der Waals surface area contributed by atoms with Crippen LogP contribution in [0.2, 0.25) is 0 Å². The van der Waals surface area contributed by atoms with Crippen LogP contribution in [0.1, 0.15) is 29.0 Å². The van der Waals surface area contributed by atoms with Gasteiger partial charge in [0.1, 0.15) is 0 Å². The summed E-state index contributed by atoms with van der Waals surface area (Å²) in [4.78, 5) is 0. The fourth-order valence-corrected chi connectivity index (χ4v) is 2.13. The van der Waals surface area contributed by atoms with Gasteiger partial charge in [0.05, 0.1) is 18.6 Å². The Morgan fingerprint density at radius 2 is 2.36 bits per heavy atom. The fourth-order valence-electron chi connectivity index (χ4n) is 1.84. The van der Waals surface area contributed by atoms with E-state index in [-0.39, 0.29) is 5.38 Å². The largest absolute Gasteiger partial charge is 0.379 e. The second-order valence-electron chi connectivity index (χ2n) is 3.68. The zero-order chi connectivity index (χ0) is 9.97. The molecule has 2 heteroatoms. The molecule has 14 heavy (non-hydrogen) atoms. The minimum Gasteiger partial charge on any atom is -0.379 e. The number of hydrogen-bond donors (Lipinski definition) is 0. The molecular formula is C12H15ClO. The molecule has 1 aliphatic heterocycles. The molecule has 0 amide bonds. The molecule has 1 atom stereocenters. The highest BCUT2D eigenvalue weighted by atomic mass is 35.5. The maximum absolute atomic E-state index is 6.26. The van der Waals surface area contributed by atoms with E-state index in [2.05, 4.69) is 25.1 Å². The summed E-state index contributed by atoms with van der Waals surface area (Å²) >= 11 is 6.26. The van der Waals surface area contributed by atoms with Crippen molar-refractivity contribution < 1.29 is 4.74 Å². The average molecular weight is 211 g/mol. The molecule has 1 unspecified atom stereocenters. The molecule has 2 rings (SSSR count). The van der Waals surface area contributed by atoms with Gasteiger partial charge in [0.2, 0.25) is 0 Å². The van der Waals surface area contributed by atoms with Crippen LogP contribution in [0.15, 0.2) is 18.2 Å². The second-order valence-corrected chi connectivity index (χ2v) is 4.21. The highest BCUT2D eigenvalue weighted by Gasteiger charge is 2.16. The van der Waals surface area contributed by atoms with Crippen molar-refractivity contribution in [1.29, 1.82) is 0 Å². The lowest BCUT2D eigenvalue weighted by atomic mass is 9.99. The summed E-state index contributed by atoms with van der Waals surface area (Å²) in [6.07, 6.45) is 2.06. The summed E-state index contributed by atoms with van der Waals surface area (Å²) in [5.41, 5.74) is 3.97. The van der Waals surface area contributed by atoms with E-state index in [1.54, 1.807) is 0 Å². The first-order chi connectivity index (χ1) is 6.81. The second kappa shape index (κ2) is 4.33. The van der Waals surface area contributed by atoms with E-state index in [1.807, 2.05) is 0 Å². The van der Waals surface area contributed by atoms with E-state index >= 15 is 0 Å². The van der Waals surface area contributed by atoms with Crippen LogP contribution in [0.4, 0.5) is 0 Å². The molecule has 1 nitrogen and oxygen atoms in total. The van der Waals surface area contributed by atoms with Crippen LogP contribution in [-0.2, 0) is 17.6 Å². The van der Waals surface area contributed by atoms with Gasteiger partial charge in [0.15, 0.2) is 0 Å². The van der Waals surface area contributed by atoms with E-state index in [1.165, 1.54) is 16.7 Å². The zero-order valence-corrected chi connectivity index (χ0v) is 9.18. The van der Waals surface area contributed by atoms with E-state index < -0.39 is 0 Å². The molecule has 0 aromatic heterocycles. The first-order valence-corrected chi connectivity index (χ1v) is 5.58. The monoisotopic (exact) mass is 210 g/mol. The van der Waals surface area contributed by atoms with Crippen LogP contribution in [-0.4, -0.2) is 13.2 Å². The van der Waals surface area contributed by atoms with E-state index in [0.29, 0.717) is 6.61 Å². The van der Waals surface area contributed by atoms with Crippen LogP contribution in [0.5, 0.6) is 0 Å². The van der Waals surface area contributed by atoms with Crippen molar-refractivity contribution in [2.24, 2.45) is 0 Å². The number of halogens is 1. The van der Waals surface area contributed by atoms with Crippen LogP contribution in [0.25, 0.3) is 0 Å². The molecular weight excluding hydrogens is 196 g/mol. The van der Waals surface area contributed by atoms with Gasteiger partial charge in [-0.15, -0.1) is 11.6 Å². The Kier molecular flexibility index (Phi) is 3.09. The maximum Gasteiger partial charge on any atom is 0.0821 e. The normalized spacial score (nSPS) is 21.4. The molecule has 0 saturated heterocycles. The molecule has 1 aromatic rings. The van der Waals surface area contributed by atoms with Gasteiger partial charge in [-0.05, 0) is 29.5 Å². The molecule has 0 radical (unpaired) electrons. The summed E-state index contributed by atoms with van der Waals surface area (Å²) < 4.78 is 5.43. The fraction of sp³-hybridized carbons (Fsp3) is 0.500. The summed E-state index contributed by atoms with van der Waals surface area (Å²) in [6.45, 7) is 3.60. The molecule has 0 N–H and O–H groups in total. The van der Waals surface area contributed by atoms with Gasteiger partial charge in [-0.3, -0.25) is 0 Å². The molecule has 0 fully saturated rings. The van der Waals surface area contributed by atoms with Crippen LogP contribution < -0.4 is 0 Å². The summed E-state index contributed by atoms with van der Waals surface area (Å²) in [6, 6.07) is 6.60. The predicted octanol–water partition coefficient (Wildman–Crippen LogP) is 3.10. The lowest BCUT2D eigenvalue weighted by Gasteiger charge is -2.11. The van der Waals surface area contributed by atoms with Crippen molar-refractivity contribution in [2.75, 3.05) is 13.2 Å². The van der Waals surface area contributed by atoms with Crippen molar-refractivity contribution >= 4 is 11.6 Å².